The molecule has 1 fully saturated rings. The predicted molar refractivity (Wildman–Crippen MR) is 82.8 cm³/mol. The second-order valence-electron chi connectivity index (χ2n) is 5.71. The molecule has 1 aromatic heterocycles. The Morgan fingerprint density at radius 1 is 1.50 bits per heavy atom. The van der Waals surface area contributed by atoms with Gasteiger partial charge in [-0.3, -0.25) is 10.1 Å². The Bertz CT molecular complexity index is 418. The van der Waals surface area contributed by atoms with Gasteiger partial charge in [-0.25, -0.2) is 0 Å². The minimum absolute atomic E-state index is 0.0918. The zero-order valence-corrected chi connectivity index (χ0v) is 13.3. The molecule has 1 heterocycles. The van der Waals surface area contributed by atoms with Gasteiger partial charge in [0.05, 0.1) is 7.11 Å². The van der Waals surface area contributed by atoms with E-state index in [-0.39, 0.29) is 5.97 Å². The molecule has 0 bridgehead atoms. The van der Waals surface area contributed by atoms with Gasteiger partial charge in [0, 0.05) is 11.4 Å². The third-order valence-electron chi connectivity index (χ3n) is 4.53. The fraction of sp³-hybridized carbons (Fsp3) is 0.688. The molecule has 2 atom stereocenters. The molecule has 2 unspecified atom stereocenters. The second kappa shape index (κ2) is 7.23. The number of thiophene rings is 1. The van der Waals surface area contributed by atoms with Gasteiger partial charge in [-0.15, -0.1) is 11.3 Å². The first-order valence-corrected chi connectivity index (χ1v) is 8.44. The van der Waals surface area contributed by atoms with Crippen LogP contribution in [0.3, 0.4) is 0 Å². The molecule has 1 aromatic rings. The SMILES string of the molecule is CCC1CCCC(NCc2cccs2)(C(=O)OC)CC1. The third kappa shape index (κ3) is 3.61. The molecule has 1 aliphatic carbocycles. The topological polar surface area (TPSA) is 38.3 Å². The highest BCUT2D eigenvalue weighted by Gasteiger charge is 2.40. The maximum absolute atomic E-state index is 12.3. The van der Waals surface area contributed by atoms with Crippen molar-refractivity contribution in [3.63, 3.8) is 0 Å². The van der Waals surface area contributed by atoms with Crippen LogP contribution in [0.1, 0.15) is 50.3 Å². The summed E-state index contributed by atoms with van der Waals surface area (Å²) in [5.41, 5.74) is -0.483. The summed E-state index contributed by atoms with van der Waals surface area (Å²) in [6.07, 6.45) is 6.44. The molecule has 0 aliphatic heterocycles. The van der Waals surface area contributed by atoms with E-state index in [2.05, 4.69) is 23.7 Å². The third-order valence-corrected chi connectivity index (χ3v) is 5.41. The van der Waals surface area contributed by atoms with Crippen molar-refractivity contribution in [3.05, 3.63) is 22.4 Å². The van der Waals surface area contributed by atoms with Gasteiger partial charge in [-0.2, -0.15) is 0 Å². The van der Waals surface area contributed by atoms with E-state index in [4.69, 9.17) is 4.74 Å². The Labute approximate surface area is 125 Å². The highest BCUT2D eigenvalue weighted by Crippen LogP contribution is 2.33. The summed E-state index contributed by atoms with van der Waals surface area (Å²) in [7, 11) is 1.50. The molecule has 0 radical (unpaired) electrons. The molecule has 4 heteroatoms. The standard InChI is InChI=1S/C16H25NO2S/c1-3-13-6-4-9-16(10-8-13,15(18)19-2)17-12-14-7-5-11-20-14/h5,7,11,13,17H,3-4,6,8-10,12H2,1-2H3. The van der Waals surface area contributed by atoms with Crippen LogP contribution in [0.5, 0.6) is 0 Å². The summed E-state index contributed by atoms with van der Waals surface area (Å²) < 4.78 is 5.09. The lowest BCUT2D eigenvalue weighted by atomic mass is 9.89. The molecule has 1 aliphatic rings. The quantitative estimate of drug-likeness (QED) is 0.664. The lowest BCUT2D eigenvalue weighted by molar-refractivity contribution is -0.149. The number of ether oxygens (including phenoxy) is 1. The molecule has 0 saturated heterocycles. The second-order valence-corrected chi connectivity index (χ2v) is 6.74. The number of esters is 1. The first-order valence-electron chi connectivity index (χ1n) is 7.56. The number of hydrogen-bond donors (Lipinski definition) is 1. The molecule has 20 heavy (non-hydrogen) atoms. The van der Waals surface area contributed by atoms with E-state index >= 15 is 0 Å². The van der Waals surface area contributed by atoms with E-state index in [1.807, 2.05) is 6.07 Å². The van der Waals surface area contributed by atoms with E-state index in [1.165, 1.54) is 24.8 Å². The van der Waals surface area contributed by atoms with Crippen LogP contribution < -0.4 is 5.32 Å². The predicted octanol–water partition coefficient (Wildman–Crippen LogP) is 3.74. The Morgan fingerprint density at radius 2 is 2.35 bits per heavy atom. The van der Waals surface area contributed by atoms with E-state index in [0.29, 0.717) is 0 Å². The van der Waals surface area contributed by atoms with Crippen LogP contribution in [-0.4, -0.2) is 18.6 Å². The van der Waals surface area contributed by atoms with Gasteiger partial charge in [0.15, 0.2) is 0 Å². The summed E-state index contributed by atoms with van der Waals surface area (Å²) in [6, 6.07) is 4.15. The summed E-state index contributed by atoms with van der Waals surface area (Å²) in [4.78, 5) is 13.6. The molecule has 112 valence electrons. The number of hydrogen-bond acceptors (Lipinski definition) is 4. The Morgan fingerprint density at radius 3 is 3.00 bits per heavy atom. The Balaban J connectivity index is 2.06. The van der Waals surface area contributed by atoms with E-state index in [9.17, 15) is 4.79 Å². The fourth-order valence-electron chi connectivity index (χ4n) is 3.14. The van der Waals surface area contributed by atoms with Gasteiger partial charge in [0.2, 0.25) is 0 Å². The Kier molecular flexibility index (Phi) is 5.61. The highest BCUT2D eigenvalue weighted by atomic mass is 32.1. The van der Waals surface area contributed by atoms with Crippen molar-refractivity contribution in [3.8, 4) is 0 Å². The maximum atomic E-state index is 12.3. The molecular weight excluding hydrogens is 270 g/mol. The van der Waals surface area contributed by atoms with Gasteiger partial charge in [0.1, 0.15) is 5.54 Å². The highest BCUT2D eigenvalue weighted by molar-refractivity contribution is 7.09. The van der Waals surface area contributed by atoms with E-state index < -0.39 is 5.54 Å². The summed E-state index contributed by atoms with van der Waals surface area (Å²) in [5.74, 6) is 0.663. The number of carbonyl (C=O) groups is 1. The number of nitrogens with one attached hydrogen (secondary N) is 1. The lowest BCUT2D eigenvalue weighted by Gasteiger charge is -2.31. The fourth-order valence-corrected chi connectivity index (χ4v) is 3.78. The van der Waals surface area contributed by atoms with Gasteiger partial charge in [0.25, 0.3) is 0 Å². The molecule has 1 saturated carbocycles. The zero-order valence-electron chi connectivity index (χ0n) is 12.5. The average Bonchev–Trinajstić information content (AvgIpc) is 2.91. The average molecular weight is 295 g/mol. The van der Waals surface area contributed by atoms with Crippen LogP contribution >= 0.6 is 11.3 Å². The van der Waals surface area contributed by atoms with Crippen LogP contribution in [0.25, 0.3) is 0 Å². The first kappa shape index (κ1) is 15.5. The summed E-state index contributed by atoms with van der Waals surface area (Å²) >= 11 is 1.73. The van der Waals surface area contributed by atoms with Crippen LogP contribution in [-0.2, 0) is 16.1 Å². The monoisotopic (exact) mass is 295 g/mol. The van der Waals surface area contributed by atoms with Crippen molar-refractivity contribution in [1.82, 2.24) is 5.32 Å². The van der Waals surface area contributed by atoms with Crippen molar-refractivity contribution in [2.24, 2.45) is 5.92 Å². The normalized spacial score (nSPS) is 27.0. The van der Waals surface area contributed by atoms with Gasteiger partial charge >= 0.3 is 5.97 Å². The zero-order chi connectivity index (χ0) is 14.4. The molecule has 0 amide bonds. The van der Waals surface area contributed by atoms with Crippen LogP contribution in [0, 0.1) is 5.92 Å². The van der Waals surface area contributed by atoms with E-state index in [0.717, 1.165) is 38.1 Å². The van der Waals surface area contributed by atoms with Crippen LogP contribution in [0.2, 0.25) is 0 Å². The van der Waals surface area contributed by atoms with Crippen molar-refractivity contribution >= 4 is 17.3 Å². The van der Waals surface area contributed by atoms with Crippen molar-refractivity contribution < 1.29 is 9.53 Å². The molecule has 3 nitrogen and oxygen atoms in total. The van der Waals surface area contributed by atoms with Crippen molar-refractivity contribution in [1.29, 1.82) is 0 Å². The molecule has 0 spiro atoms. The number of methoxy groups -OCH3 is 1. The molecule has 2 rings (SSSR count). The number of rotatable bonds is 5. The summed E-state index contributed by atoms with van der Waals surface area (Å²) in [6.45, 7) is 3.00. The van der Waals surface area contributed by atoms with Gasteiger partial charge in [-0.05, 0) is 36.6 Å². The van der Waals surface area contributed by atoms with Gasteiger partial charge < -0.3 is 4.74 Å². The molecule has 0 aromatic carbocycles. The largest absolute Gasteiger partial charge is 0.468 e. The smallest absolute Gasteiger partial charge is 0.326 e. The lowest BCUT2D eigenvalue weighted by Crippen LogP contribution is -2.52. The Hall–Kier alpha value is -0.870. The van der Waals surface area contributed by atoms with Crippen LogP contribution in [0.15, 0.2) is 17.5 Å². The van der Waals surface area contributed by atoms with Crippen molar-refractivity contribution in [2.45, 2.75) is 57.5 Å². The maximum Gasteiger partial charge on any atom is 0.326 e. The molecule has 1 N–H and O–H groups in total. The van der Waals surface area contributed by atoms with E-state index in [1.54, 1.807) is 11.3 Å². The summed E-state index contributed by atoms with van der Waals surface area (Å²) in [5, 5.41) is 5.58. The van der Waals surface area contributed by atoms with Crippen LogP contribution in [0.4, 0.5) is 0 Å². The molecular formula is C16H25NO2S. The number of carbonyl (C=O) groups excluding carboxylic acids is 1. The minimum Gasteiger partial charge on any atom is -0.468 e. The minimum atomic E-state index is -0.483. The van der Waals surface area contributed by atoms with Crippen molar-refractivity contribution in [2.75, 3.05) is 7.11 Å². The first-order chi connectivity index (χ1) is 9.70. The van der Waals surface area contributed by atoms with Gasteiger partial charge in [-0.1, -0.05) is 32.3 Å².